The number of Topliss-reactive ketones (excluding diaryl/α,β-unsaturated/α-hetero) is 1. The number of aliphatic hydroxyl groups excluding tert-OH is 1. The lowest BCUT2D eigenvalue weighted by Gasteiger charge is -2.42. The second-order valence-corrected chi connectivity index (χ2v) is 5.14. The summed E-state index contributed by atoms with van der Waals surface area (Å²) in [5.41, 5.74) is -0.280. The molecule has 0 bridgehead atoms. The molecule has 0 aliphatic carbocycles. The molecule has 0 aromatic carbocycles. The Morgan fingerprint density at radius 2 is 2.25 bits per heavy atom. The normalized spacial score (nSPS) is 25.6. The van der Waals surface area contributed by atoms with Gasteiger partial charge >= 0.3 is 0 Å². The minimum Gasteiger partial charge on any atom is -0.394 e. The van der Waals surface area contributed by atoms with Crippen molar-refractivity contribution in [2.75, 3.05) is 26.2 Å². The van der Waals surface area contributed by atoms with E-state index in [9.17, 15) is 4.79 Å². The summed E-state index contributed by atoms with van der Waals surface area (Å²) < 4.78 is 5.69. The maximum Gasteiger partial charge on any atom is 0.146 e. The van der Waals surface area contributed by atoms with Gasteiger partial charge in [0.1, 0.15) is 5.78 Å². The van der Waals surface area contributed by atoms with E-state index in [2.05, 4.69) is 4.90 Å². The third-order valence-corrected chi connectivity index (χ3v) is 2.68. The number of carbonyl (C=O) groups is 1. The average Bonchev–Trinajstić information content (AvgIpc) is 2.15. The molecule has 0 amide bonds. The van der Waals surface area contributed by atoms with Gasteiger partial charge in [-0.1, -0.05) is 6.92 Å². The van der Waals surface area contributed by atoms with Crippen molar-refractivity contribution in [3.05, 3.63) is 0 Å². The molecule has 1 rings (SSSR count). The van der Waals surface area contributed by atoms with Crippen LogP contribution in [0.3, 0.4) is 0 Å². The average molecular weight is 229 g/mol. The van der Waals surface area contributed by atoms with Crippen LogP contribution >= 0.6 is 0 Å². The molecule has 94 valence electrons. The van der Waals surface area contributed by atoms with Crippen LogP contribution in [0.15, 0.2) is 0 Å². The van der Waals surface area contributed by atoms with Crippen LogP contribution in [0.1, 0.15) is 33.6 Å². The molecule has 0 spiro atoms. The van der Waals surface area contributed by atoms with Crippen molar-refractivity contribution >= 4 is 5.78 Å². The van der Waals surface area contributed by atoms with Gasteiger partial charge in [-0.15, -0.1) is 0 Å². The predicted molar refractivity (Wildman–Crippen MR) is 62.4 cm³/mol. The first-order chi connectivity index (χ1) is 7.46. The van der Waals surface area contributed by atoms with E-state index in [1.54, 1.807) is 0 Å². The molecule has 1 fully saturated rings. The molecule has 0 aromatic heterocycles. The van der Waals surface area contributed by atoms with Crippen molar-refractivity contribution in [3.63, 3.8) is 0 Å². The number of hydrogen-bond acceptors (Lipinski definition) is 4. The van der Waals surface area contributed by atoms with Gasteiger partial charge in [-0.2, -0.15) is 0 Å². The summed E-state index contributed by atoms with van der Waals surface area (Å²) in [6.07, 6.45) is 1.37. The van der Waals surface area contributed by atoms with Gasteiger partial charge in [-0.3, -0.25) is 9.69 Å². The van der Waals surface area contributed by atoms with Gasteiger partial charge in [0, 0.05) is 19.5 Å². The van der Waals surface area contributed by atoms with Crippen molar-refractivity contribution in [2.45, 2.75) is 45.3 Å². The van der Waals surface area contributed by atoms with Gasteiger partial charge in [-0.25, -0.2) is 0 Å². The highest BCUT2D eigenvalue weighted by Crippen LogP contribution is 2.20. The largest absolute Gasteiger partial charge is 0.394 e. The van der Waals surface area contributed by atoms with E-state index in [0.29, 0.717) is 19.5 Å². The zero-order chi connectivity index (χ0) is 12.2. The summed E-state index contributed by atoms with van der Waals surface area (Å²) >= 11 is 0. The fourth-order valence-electron chi connectivity index (χ4n) is 2.24. The molecule has 1 aliphatic rings. The fraction of sp³-hybridized carbons (Fsp3) is 0.917. The standard InChI is InChI=1S/C12H23NO3/c1-4-5-10(15)6-13-7-11(8-14)16-12(2,3)9-13/h11,14H,4-9H2,1-3H3. The second-order valence-electron chi connectivity index (χ2n) is 5.14. The number of aliphatic hydroxyl groups is 1. The van der Waals surface area contributed by atoms with Crippen LogP contribution in [0.4, 0.5) is 0 Å². The van der Waals surface area contributed by atoms with Crippen LogP contribution in [-0.4, -0.2) is 53.7 Å². The smallest absolute Gasteiger partial charge is 0.146 e. The van der Waals surface area contributed by atoms with Gasteiger partial charge < -0.3 is 9.84 Å². The van der Waals surface area contributed by atoms with E-state index in [-0.39, 0.29) is 24.1 Å². The summed E-state index contributed by atoms with van der Waals surface area (Å²) in [6.45, 7) is 7.89. The molecule has 1 aliphatic heterocycles. The number of morpholine rings is 1. The van der Waals surface area contributed by atoms with Gasteiger partial charge in [-0.05, 0) is 20.3 Å². The Bertz CT molecular complexity index is 240. The van der Waals surface area contributed by atoms with Gasteiger partial charge in [0.15, 0.2) is 0 Å². The quantitative estimate of drug-likeness (QED) is 0.758. The molecular formula is C12H23NO3. The number of hydrogen-bond donors (Lipinski definition) is 1. The Morgan fingerprint density at radius 3 is 2.81 bits per heavy atom. The van der Waals surface area contributed by atoms with Crippen molar-refractivity contribution in [2.24, 2.45) is 0 Å². The Hall–Kier alpha value is -0.450. The third-order valence-electron chi connectivity index (χ3n) is 2.68. The predicted octanol–water partition coefficient (Wildman–Crippen LogP) is 0.827. The van der Waals surface area contributed by atoms with Crippen molar-refractivity contribution in [1.29, 1.82) is 0 Å². The molecule has 4 heteroatoms. The monoisotopic (exact) mass is 229 g/mol. The van der Waals surface area contributed by atoms with E-state index in [0.717, 1.165) is 13.0 Å². The molecule has 1 saturated heterocycles. The van der Waals surface area contributed by atoms with Crippen LogP contribution in [0.5, 0.6) is 0 Å². The molecule has 1 N–H and O–H groups in total. The Morgan fingerprint density at radius 1 is 1.56 bits per heavy atom. The lowest BCUT2D eigenvalue weighted by atomic mass is 10.0. The van der Waals surface area contributed by atoms with Crippen molar-refractivity contribution < 1.29 is 14.6 Å². The summed E-state index contributed by atoms with van der Waals surface area (Å²) in [7, 11) is 0. The molecule has 0 saturated carbocycles. The second kappa shape index (κ2) is 5.75. The number of rotatable bonds is 5. The van der Waals surface area contributed by atoms with Gasteiger partial charge in [0.2, 0.25) is 0 Å². The zero-order valence-corrected chi connectivity index (χ0v) is 10.5. The highest BCUT2D eigenvalue weighted by atomic mass is 16.5. The number of nitrogens with zero attached hydrogens (tertiary/aromatic N) is 1. The lowest BCUT2D eigenvalue weighted by molar-refractivity contribution is -0.152. The highest BCUT2D eigenvalue weighted by molar-refractivity contribution is 5.80. The fourth-order valence-corrected chi connectivity index (χ4v) is 2.24. The molecule has 0 aromatic rings. The first-order valence-electron chi connectivity index (χ1n) is 5.99. The van der Waals surface area contributed by atoms with Crippen LogP contribution in [0.25, 0.3) is 0 Å². The third kappa shape index (κ3) is 4.20. The minimum atomic E-state index is -0.280. The van der Waals surface area contributed by atoms with E-state index in [1.807, 2.05) is 20.8 Å². The summed E-state index contributed by atoms with van der Waals surface area (Å²) in [4.78, 5) is 13.7. The number of ketones is 1. The van der Waals surface area contributed by atoms with Crippen LogP contribution in [0.2, 0.25) is 0 Å². The Kier molecular flexibility index (Phi) is 4.89. The molecule has 16 heavy (non-hydrogen) atoms. The molecule has 0 radical (unpaired) electrons. The van der Waals surface area contributed by atoms with E-state index in [4.69, 9.17) is 9.84 Å². The maximum atomic E-state index is 11.6. The minimum absolute atomic E-state index is 0.0158. The van der Waals surface area contributed by atoms with E-state index in [1.165, 1.54) is 0 Å². The maximum absolute atomic E-state index is 11.6. The summed E-state index contributed by atoms with van der Waals surface area (Å²) in [5.74, 6) is 0.275. The molecule has 4 nitrogen and oxygen atoms in total. The van der Waals surface area contributed by atoms with Crippen LogP contribution in [0, 0.1) is 0 Å². The van der Waals surface area contributed by atoms with Crippen molar-refractivity contribution in [3.8, 4) is 0 Å². The van der Waals surface area contributed by atoms with Crippen molar-refractivity contribution in [1.82, 2.24) is 4.90 Å². The molecular weight excluding hydrogens is 206 g/mol. The SMILES string of the molecule is CCCC(=O)CN1CC(CO)OC(C)(C)C1. The Balaban J connectivity index is 2.50. The molecule has 1 atom stereocenters. The topological polar surface area (TPSA) is 49.8 Å². The molecule has 1 heterocycles. The first kappa shape index (κ1) is 13.6. The summed E-state index contributed by atoms with van der Waals surface area (Å²) in [6, 6.07) is 0. The van der Waals surface area contributed by atoms with Crippen LogP contribution in [-0.2, 0) is 9.53 Å². The molecule has 1 unspecified atom stereocenters. The van der Waals surface area contributed by atoms with E-state index < -0.39 is 0 Å². The number of carbonyl (C=O) groups excluding carboxylic acids is 1. The van der Waals surface area contributed by atoms with Gasteiger partial charge in [0.05, 0.1) is 24.9 Å². The zero-order valence-electron chi connectivity index (χ0n) is 10.5. The highest BCUT2D eigenvalue weighted by Gasteiger charge is 2.33. The summed E-state index contributed by atoms with van der Waals surface area (Å²) in [5, 5.41) is 9.14. The number of ether oxygens (including phenoxy) is 1. The first-order valence-corrected chi connectivity index (χ1v) is 5.99. The van der Waals surface area contributed by atoms with Crippen LogP contribution < -0.4 is 0 Å². The van der Waals surface area contributed by atoms with Gasteiger partial charge in [0.25, 0.3) is 0 Å². The lowest BCUT2D eigenvalue weighted by Crippen LogP contribution is -2.54. The van der Waals surface area contributed by atoms with E-state index >= 15 is 0 Å². The Labute approximate surface area is 97.6 Å².